The van der Waals surface area contributed by atoms with E-state index < -0.39 is 27.7 Å². The first kappa shape index (κ1) is 22.7. The fourth-order valence-corrected chi connectivity index (χ4v) is 4.98. The van der Waals surface area contributed by atoms with Crippen LogP contribution in [0.5, 0.6) is 0 Å². The number of amides is 1. The van der Waals surface area contributed by atoms with E-state index in [4.69, 9.17) is 0 Å². The van der Waals surface area contributed by atoms with Crippen LogP contribution < -0.4 is 5.32 Å². The molecule has 2 unspecified atom stereocenters. The Hall–Kier alpha value is -1.61. The summed E-state index contributed by atoms with van der Waals surface area (Å²) in [5.74, 6) is -0.544. The van der Waals surface area contributed by atoms with E-state index in [1.807, 2.05) is 0 Å². The Labute approximate surface area is 164 Å². The number of piperidine rings is 1. The molecule has 0 spiro atoms. The zero-order valence-corrected chi connectivity index (χ0v) is 16.9. The summed E-state index contributed by atoms with van der Waals surface area (Å²) in [4.78, 5) is 12.5. The minimum absolute atomic E-state index is 0.0751. The number of rotatable bonds is 7. The third kappa shape index (κ3) is 6.20. The Bertz CT molecular complexity index is 764. The van der Waals surface area contributed by atoms with E-state index in [-0.39, 0.29) is 24.2 Å². The molecule has 0 saturated carbocycles. The van der Waals surface area contributed by atoms with E-state index >= 15 is 0 Å². The third-order valence-corrected chi connectivity index (χ3v) is 6.86. The molecule has 9 heteroatoms. The second kappa shape index (κ2) is 9.26. The van der Waals surface area contributed by atoms with Gasteiger partial charge in [-0.1, -0.05) is 19.1 Å². The lowest BCUT2D eigenvalue weighted by Gasteiger charge is -2.31. The third-order valence-electron chi connectivity index (χ3n) is 4.82. The average molecular weight is 420 g/mol. The highest BCUT2D eigenvalue weighted by atomic mass is 32.2. The normalized spacial score (nSPS) is 20.0. The molecule has 28 heavy (non-hydrogen) atoms. The molecule has 1 aromatic carbocycles. The van der Waals surface area contributed by atoms with Crippen molar-refractivity contribution in [3.63, 3.8) is 0 Å². The monoisotopic (exact) mass is 420 g/mol. The van der Waals surface area contributed by atoms with Crippen LogP contribution in [0, 0.1) is 5.92 Å². The first-order chi connectivity index (χ1) is 13.0. The summed E-state index contributed by atoms with van der Waals surface area (Å²) in [5, 5.41) is 2.86. The van der Waals surface area contributed by atoms with Gasteiger partial charge in [0.2, 0.25) is 15.9 Å². The van der Waals surface area contributed by atoms with Gasteiger partial charge in [-0.05, 0) is 50.3 Å². The average Bonchev–Trinajstić information content (AvgIpc) is 2.61. The molecule has 0 aliphatic carbocycles. The number of hydrogen-bond acceptors (Lipinski definition) is 3. The van der Waals surface area contributed by atoms with Gasteiger partial charge in [0, 0.05) is 19.1 Å². The first-order valence-corrected chi connectivity index (χ1v) is 11.1. The molecule has 1 saturated heterocycles. The number of hydrogen-bond donors (Lipinski definition) is 1. The highest BCUT2D eigenvalue weighted by molar-refractivity contribution is 7.89. The number of alkyl halides is 3. The fourth-order valence-electron chi connectivity index (χ4n) is 3.39. The quantitative estimate of drug-likeness (QED) is 0.737. The fraction of sp³-hybridized carbons (Fsp3) is 0.632. The minimum Gasteiger partial charge on any atom is -0.353 e. The van der Waals surface area contributed by atoms with Gasteiger partial charge >= 0.3 is 6.18 Å². The van der Waals surface area contributed by atoms with Crippen LogP contribution in [0.4, 0.5) is 13.2 Å². The van der Waals surface area contributed by atoms with Crippen LogP contribution in [0.3, 0.4) is 0 Å². The van der Waals surface area contributed by atoms with Gasteiger partial charge in [0.05, 0.1) is 17.2 Å². The summed E-state index contributed by atoms with van der Waals surface area (Å²) in [7, 11) is -3.33. The summed E-state index contributed by atoms with van der Waals surface area (Å²) in [5.41, 5.74) is -0.0138. The summed E-state index contributed by atoms with van der Waals surface area (Å²) in [6, 6.07) is 4.60. The van der Waals surface area contributed by atoms with Gasteiger partial charge in [-0.25, -0.2) is 12.7 Å². The molecule has 1 heterocycles. The molecule has 0 aromatic heterocycles. The maximum Gasteiger partial charge on any atom is 0.416 e. The zero-order valence-electron chi connectivity index (χ0n) is 16.1. The molecule has 1 aliphatic heterocycles. The summed E-state index contributed by atoms with van der Waals surface area (Å²) < 4.78 is 63.7. The molecule has 1 aromatic rings. The zero-order chi connectivity index (χ0) is 20.9. The van der Waals surface area contributed by atoms with Crippen molar-refractivity contribution in [3.8, 4) is 0 Å². The summed E-state index contributed by atoms with van der Waals surface area (Å²) in [6.07, 6.45) is -2.19. The largest absolute Gasteiger partial charge is 0.416 e. The van der Waals surface area contributed by atoms with Crippen LogP contribution in [-0.2, 0) is 27.4 Å². The van der Waals surface area contributed by atoms with Gasteiger partial charge in [-0.2, -0.15) is 13.2 Å². The van der Waals surface area contributed by atoms with Gasteiger partial charge in [-0.3, -0.25) is 4.79 Å². The van der Waals surface area contributed by atoms with E-state index in [0.29, 0.717) is 37.8 Å². The molecule has 1 fully saturated rings. The van der Waals surface area contributed by atoms with Crippen LogP contribution in [-0.4, -0.2) is 43.5 Å². The van der Waals surface area contributed by atoms with Crippen molar-refractivity contribution in [1.82, 2.24) is 9.62 Å². The van der Waals surface area contributed by atoms with Gasteiger partial charge in [0.1, 0.15) is 0 Å². The second-order valence-electron chi connectivity index (χ2n) is 7.32. The Morgan fingerprint density at radius 1 is 1.29 bits per heavy atom. The van der Waals surface area contributed by atoms with Crippen molar-refractivity contribution < 1.29 is 26.4 Å². The SMILES string of the molecule is CCCS(=O)(=O)N1CCCC(C(=O)NC(C)Cc2ccc(C(F)(F)F)cc2)C1. The van der Waals surface area contributed by atoms with E-state index in [1.165, 1.54) is 16.4 Å². The molecule has 0 bridgehead atoms. The standard InChI is InChI=1S/C19H27F3N2O3S/c1-3-11-28(26,27)24-10-4-5-16(13-24)18(25)23-14(2)12-15-6-8-17(9-7-15)19(20,21)22/h6-9,14,16H,3-5,10-13H2,1-2H3,(H,23,25). The Morgan fingerprint density at radius 3 is 2.50 bits per heavy atom. The Balaban J connectivity index is 1.91. The highest BCUT2D eigenvalue weighted by Gasteiger charge is 2.32. The van der Waals surface area contributed by atoms with E-state index in [1.54, 1.807) is 13.8 Å². The number of halogens is 3. The predicted molar refractivity (Wildman–Crippen MR) is 101 cm³/mol. The number of nitrogens with one attached hydrogen (secondary N) is 1. The molecule has 158 valence electrons. The van der Waals surface area contributed by atoms with Crippen molar-refractivity contribution in [1.29, 1.82) is 0 Å². The number of sulfonamides is 1. The van der Waals surface area contributed by atoms with Crippen LogP contribution >= 0.6 is 0 Å². The molecular weight excluding hydrogens is 393 g/mol. The van der Waals surface area contributed by atoms with Crippen molar-refractivity contribution in [2.24, 2.45) is 5.92 Å². The van der Waals surface area contributed by atoms with E-state index in [9.17, 15) is 26.4 Å². The van der Waals surface area contributed by atoms with Crippen molar-refractivity contribution in [2.75, 3.05) is 18.8 Å². The van der Waals surface area contributed by atoms with Gasteiger partial charge in [0.15, 0.2) is 0 Å². The minimum atomic E-state index is -4.37. The summed E-state index contributed by atoms with van der Waals surface area (Å²) in [6.45, 7) is 4.20. The molecular formula is C19H27F3N2O3S. The summed E-state index contributed by atoms with van der Waals surface area (Å²) >= 11 is 0. The first-order valence-electron chi connectivity index (χ1n) is 9.47. The highest BCUT2D eigenvalue weighted by Crippen LogP contribution is 2.29. The van der Waals surface area contributed by atoms with Crippen LogP contribution in [0.25, 0.3) is 0 Å². The van der Waals surface area contributed by atoms with Crippen molar-refractivity contribution in [2.45, 2.75) is 51.7 Å². The molecule has 2 atom stereocenters. The molecule has 1 aliphatic rings. The lowest BCUT2D eigenvalue weighted by molar-refractivity contribution is -0.137. The van der Waals surface area contributed by atoms with Gasteiger partial charge in [-0.15, -0.1) is 0 Å². The topological polar surface area (TPSA) is 66.5 Å². The molecule has 1 amide bonds. The Kier molecular flexibility index (Phi) is 7.50. The van der Waals surface area contributed by atoms with E-state index in [2.05, 4.69) is 5.32 Å². The van der Waals surface area contributed by atoms with Gasteiger partial charge in [0.25, 0.3) is 0 Å². The molecule has 0 radical (unpaired) electrons. The molecule has 2 rings (SSSR count). The second-order valence-corrected chi connectivity index (χ2v) is 9.41. The van der Waals surface area contributed by atoms with Crippen LogP contribution in [0.1, 0.15) is 44.2 Å². The maximum atomic E-state index is 12.6. The van der Waals surface area contributed by atoms with Crippen LogP contribution in [0.15, 0.2) is 24.3 Å². The molecule has 5 nitrogen and oxygen atoms in total. The number of benzene rings is 1. The van der Waals surface area contributed by atoms with E-state index in [0.717, 1.165) is 12.1 Å². The smallest absolute Gasteiger partial charge is 0.353 e. The number of carbonyl (C=O) groups excluding carboxylic acids is 1. The van der Waals surface area contributed by atoms with Crippen molar-refractivity contribution >= 4 is 15.9 Å². The predicted octanol–water partition coefficient (Wildman–Crippen LogP) is 3.20. The lowest BCUT2D eigenvalue weighted by atomic mass is 9.97. The van der Waals surface area contributed by atoms with Crippen molar-refractivity contribution in [3.05, 3.63) is 35.4 Å². The Morgan fingerprint density at radius 2 is 1.93 bits per heavy atom. The maximum absolute atomic E-state index is 12.6. The number of carbonyl (C=O) groups is 1. The number of nitrogens with zero attached hydrogens (tertiary/aromatic N) is 1. The van der Waals surface area contributed by atoms with Crippen LogP contribution in [0.2, 0.25) is 0 Å². The molecule has 1 N–H and O–H groups in total. The van der Waals surface area contributed by atoms with Gasteiger partial charge < -0.3 is 5.32 Å². The lowest BCUT2D eigenvalue weighted by Crippen LogP contribution is -2.47.